The van der Waals surface area contributed by atoms with E-state index in [4.69, 9.17) is 10.2 Å². The fourth-order valence-electron chi connectivity index (χ4n) is 0.781. The van der Waals surface area contributed by atoms with Crippen LogP contribution in [0.4, 0.5) is 0 Å². The highest BCUT2D eigenvalue weighted by molar-refractivity contribution is 8.30. The van der Waals surface area contributed by atoms with Crippen molar-refractivity contribution in [3.8, 4) is 0 Å². The summed E-state index contributed by atoms with van der Waals surface area (Å²) in [5.74, 6) is -2.23. The van der Waals surface area contributed by atoms with Crippen LogP contribution in [-0.2, 0) is 9.59 Å². The van der Waals surface area contributed by atoms with Gasteiger partial charge in [-0.25, -0.2) is 0 Å². The van der Waals surface area contributed by atoms with Crippen molar-refractivity contribution in [1.82, 2.24) is 4.72 Å². The van der Waals surface area contributed by atoms with Crippen LogP contribution in [0.2, 0.25) is 0 Å². The fraction of sp³-hybridized carbons (Fsp3) is 0.714. The predicted octanol–water partition coefficient (Wildman–Crippen LogP) is 0.113. The van der Waals surface area contributed by atoms with Gasteiger partial charge < -0.3 is 10.2 Å². The third-order valence-electron chi connectivity index (χ3n) is 1.17. The maximum absolute atomic E-state index is 10.6. The first-order valence-corrected chi connectivity index (χ1v) is 6.48. The summed E-state index contributed by atoms with van der Waals surface area (Å²) in [7, 11) is -1.21. The zero-order valence-electron chi connectivity index (χ0n) is 7.90. The Bertz CT molecular complexity index is 211. The Balaban J connectivity index is 4.27. The number of carbonyl (C=O) groups is 2. The van der Waals surface area contributed by atoms with E-state index in [1.165, 1.54) is 0 Å². The lowest BCUT2D eigenvalue weighted by Gasteiger charge is -2.30. The Morgan fingerprint density at radius 1 is 1.31 bits per heavy atom. The van der Waals surface area contributed by atoms with E-state index in [1.807, 2.05) is 18.8 Å². The first-order chi connectivity index (χ1) is 5.72. The van der Waals surface area contributed by atoms with Crippen LogP contribution >= 0.6 is 10.2 Å². The second-order valence-corrected chi connectivity index (χ2v) is 7.35. The summed E-state index contributed by atoms with van der Waals surface area (Å²) in [5.41, 5.74) is 0. The summed E-state index contributed by atoms with van der Waals surface area (Å²) in [6.07, 6.45) is 5.21. The van der Waals surface area contributed by atoms with Crippen molar-refractivity contribution in [1.29, 1.82) is 0 Å². The molecule has 0 bridgehead atoms. The van der Waals surface area contributed by atoms with Crippen LogP contribution in [0.15, 0.2) is 0 Å². The second-order valence-electron chi connectivity index (χ2n) is 3.44. The Morgan fingerprint density at radius 3 is 2.00 bits per heavy atom. The summed E-state index contributed by atoms with van der Waals surface area (Å²) in [6, 6.07) is -0.993. The van der Waals surface area contributed by atoms with Crippen molar-refractivity contribution < 1.29 is 19.8 Å². The minimum Gasteiger partial charge on any atom is -0.481 e. The van der Waals surface area contributed by atoms with Crippen LogP contribution in [0.5, 0.6) is 0 Å². The Labute approximate surface area is 78.6 Å². The van der Waals surface area contributed by atoms with Gasteiger partial charge in [0.1, 0.15) is 6.04 Å². The van der Waals surface area contributed by atoms with Gasteiger partial charge in [-0.3, -0.25) is 14.3 Å². The minimum atomic E-state index is -1.21. The van der Waals surface area contributed by atoms with Crippen LogP contribution < -0.4 is 4.72 Å². The molecule has 0 aromatic rings. The molecule has 5 nitrogen and oxygen atoms in total. The first-order valence-electron chi connectivity index (χ1n) is 3.62. The average Bonchev–Trinajstić information content (AvgIpc) is 1.81. The maximum atomic E-state index is 10.6. The molecule has 0 saturated heterocycles. The molecule has 6 heteroatoms. The fourth-order valence-corrected chi connectivity index (χ4v) is 1.82. The zero-order chi connectivity index (χ0) is 10.6. The largest absolute Gasteiger partial charge is 0.481 e. The number of carboxylic acid groups (broad SMARTS) is 2. The van der Waals surface area contributed by atoms with E-state index in [-0.39, 0.29) is 6.42 Å². The molecule has 3 N–H and O–H groups in total. The number of nitrogens with one attached hydrogen (secondary N) is 1. The van der Waals surface area contributed by atoms with Gasteiger partial charge in [-0.15, -0.1) is 0 Å². The smallest absolute Gasteiger partial charge is 0.322 e. The van der Waals surface area contributed by atoms with E-state index in [9.17, 15) is 9.59 Å². The molecular weight excluding hydrogens is 194 g/mol. The lowest BCUT2D eigenvalue weighted by molar-refractivity contribution is -0.145. The molecule has 0 aromatic carbocycles. The molecule has 0 aliphatic rings. The van der Waals surface area contributed by atoms with Crippen LogP contribution in [0.25, 0.3) is 0 Å². The van der Waals surface area contributed by atoms with Crippen molar-refractivity contribution in [2.24, 2.45) is 0 Å². The van der Waals surface area contributed by atoms with E-state index in [1.54, 1.807) is 0 Å². The van der Waals surface area contributed by atoms with E-state index in [2.05, 4.69) is 4.72 Å². The molecule has 78 valence electrons. The predicted molar refractivity (Wildman–Crippen MR) is 52.2 cm³/mol. The van der Waals surface area contributed by atoms with Crippen LogP contribution in [0.1, 0.15) is 6.42 Å². The van der Waals surface area contributed by atoms with Crippen molar-refractivity contribution in [3.05, 3.63) is 0 Å². The maximum Gasteiger partial charge on any atom is 0.322 e. The van der Waals surface area contributed by atoms with E-state index in [0.29, 0.717) is 0 Å². The molecule has 0 saturated carbocycles. The van der Waals surface area contributed by atoms with Gasteiger partial charge in [-0.2, -0.15) is 10.2 Å². The second kappa shape index (κ2) is 4.48. The molecule has 0 aliphatic heterocycles. The molecule has 0 heterocycles. The summed E-state index contributed by atoms with van der Waals surface area (Å²) in [5, 5.41) is 17.1. The molecule has 0 amide bonds. The van der Waals surface area contributed by atoms with E-state index in [0.717, 1.165) is 0 Å². The van der Waals surface area contributed by atoms with Gasteiger partial charge in [-0.1, -0.05) is 0 Å². The monoisotopic (exact) mass is 209 g/mol. The van der Waals surface area contributed by atoms with Gasteiger partial charge in [0.2, 0.25) is 0 Å². The number of rotatable bonds is 5. The van der Waals surface area contributed by atoms with Crippen LogP contribution in [0.3, 0.4) is 0 Å². The van der Waals surface area contributed by atoms with Gasteiger partial charge in [-0.05, 0) is 18.8 Å². The van der Waals surface area contributed by atoms with Gasteiger partial charge >= 0.3 is 11.9 Å². The topological polar surface area (TPSA) is 86.6 Å². The molecule has 0 fully saturated rings. The number of hydrogen-bond donors (Lipinski definition) is 3. The Hall–Kier alpha value is -0.750. The Kier molecular flexibility index (Phi) is 4.22. The molecule has 0 radical (unpaired) electrons. The highest BCUT2D eigenvalue weighted by atomic mass is 32.3. The first kappa shape index (κ1) is 12.2. The molecule has 1 atom stereocenters. The molecular formula is C7H15NO4S. The van der Waals surface area contributed by atoms with Crippen LogP contribution in [0, 0.1) is 0 Å². The van der Waals surface area contributed by atoms with Crippen molar-refractivity contribution >= 4 is 22.2 Å². The third-order valence-corrected chi connectivity index (χ3v) is 2.16. The third kappa shape index (κ3) is 6.41. The highest BCUT2D eigenvalue weighted by Gasteiger charge is 2.23. The van der Waals surface area contributed by atoms with Gasteiger partial charge in [0.05, 0.1) is 6.42 Å². The normalized spacial score (nSPS) is 15.0. The van der Waals surface area contributed by atoms with E-state index < -0.39 is 28.2 Å². The number of carboxylic acids is 2. The molecule has 0 rings (SSSR count). The average molecular weight is 209 g/mol. The molecule has 0 spiro atoms. The lowest BCUT2D eigenvalue weighted by Crippen LogP contribution is -2.39. The standard InChI is InChI=1S/C7H15NO4S/c1-13(2,3)8-5(7(11)12)4-6(9)10/h5,8H,4H2,1-3H3,(H,9,10)(H,11,12). The molecule has 1 unspecified atom stereocenters. The Morgan fingerprint density at radius 2 is 1.77 bits per heavy atom. The zero-order valence-corrected chi connectivity index (χ0v) is 8.72. The van der Waals surface area contributed by atoms with Crippen molar-refractivity contribution in [2.45, 2.75) is 12.5 Å². The number of aliphatic carboxylic acids is 2. The summed E-state index contributed by atoms with van der Waals surface area (Å²) in [6.45, 7) is 0. The summed E-state index contributed by atoms with van der Waals surface area (Å²) in [4.78, 5) is 20.9. The van der Waals surface area contributed by atoms with Gasteiger partial charge in [0.15, 0.2) is 0 Å². The van der Waals surface area contributed by atoms with E-state index >= 15 is 0 Å². The lowest BCUT2D eigenvalue weighted by atomic mass is 10.2. The molecule has 0 aliphatic carbocycles. The molecule has 13 heavy (non-hydrogen) atoms. The van der Waals surface area contributed by atoms with Crippen LogP contribution in [-0.4, -0.2) is 47.0 Å². The number of hydrogen-bond acceptors (Lipinski definition) is 3. The van der Waals surface area contributed by atoms with Gasteiger partial charge in [0, 0.05) is 0 Å². The quantitative estimate of drug-likeness (QED) is 0.598. The van der Waals surface area contributed by atoms with Gasteiger partial charge in [0.25, 0.3) is 0 Å². The van der Waals surface area contributed by atoms with Crippen molar-refractivity contribution in [2.75, 3.05) is 18.8 Å². The minimum absolute atomic E-state index is 0.389. The summed E-state index contributed by atoms with van der Waals surface area (Å²) < 4.78 is 2.79. The highest BCUT2D eigenvalue weighted by Crippen LogP contribution is 2.29. The molecule has 0 aromatic heterocycles. The van der Waals surface area contributed by atoms with Crippen molar-refractivity contribution in [3.63, 3.8) is 0 Å². The summed E-state index contributed by atoms with van der Waals surface area (Å²) >= 11 is 0. The SMILES string of the molecule is CS(C)(C)NC(CC(=O)O)C(=O)O.